The molecule has 1 rings (SSSR count). The van der Waals surface area contributed by atoms with Crippen molar-refractivity contribution in [2.24, 2.45) is 0 Å². The molecule has 0 saturated carbocycles. The Balaban J connectivity index is 2.72. The lowest BCUT2D eigenvalue weighted by Gasteiger charge is -2.20. The number of hydrogen-bond donors (Lipinski definition) is 1. The molecule has 1 aromatic heterocycles. The normalized spacial score (nSPS) is 10.3. The minimum atomic E-state index is -0.125. The smallest absolute Gasteiger partial charge is 0.272 e. The minimum absolute atomic E-state index is 0.0218. The molecule has 0 aliphatic heterocycles. The summed E-state index contributed by atoms with van der Waals surface area (Å²) in [6, 6.07) is 3.47. The molecule has 0 aromatic carbocycles. The van der Waals surface area contributed by atoms with Crippen molar-refractivity contribution in [3.05, 3.63) is 28.5 Å². The van der Waals surface area contributed by atoms with Gasteiger partial charge in [-0.25, -0.2) is 4.98 Å². The lowest BCUT2D eigenvalue weighted by molar-refractivity contribution is 0.0713. The van der Waals surface area contributed by atoms with E-state index in [1.54, 1.807) is 23.2 Å². The first-order chi connectivity index (χ1) is 8.19. The number of nitrogens with zero attached hydrogens (tertiary/aromatic N) is 2. The molecule has 0 bridgehead atoms. The van der Waals surface area contributed by atoms with E-state index >= 15 is 0 Å². The molecule has 4 nitrogen and oxygen atoms in total. The SMILES string of the molecule is CCCCN(CCO)C(=O)c1ccc(Br)cn1. The Morgan fingerprint density at radius 1 is 1.47 bits per heavy atom. The van der Waals surface area contributed by atoms with Crippen molar-refractivity contribution in [2.75, 3.05) is 19.7 Å². The summed E-state index contributed by atoms with van der Waals surface area (Å²) in [6.07, 6.45) is 3.55. The van der Waals surface area contributed by atoms with Crippen LogP contribution >= 0.6 is 15.9 Å². The van der Waals surface area contributed by atoms with Crippen LogP contribution in [-0.2, 0) is 0 Å². The van der Waals surface area contributed by atoms with Gasteiger partial charge in [-0.3, -0.25) is 4.79 Å². The summed E-state index contributed by atoms with van der Waals surface area (Å²) in [4.78, 5) is 17.8. The monoisotopic (exact) mass is 300 g/mol. The quantitative estimate of drug-likeness (QED) is 0.875. The number of unbranched alkanes of at least 4 members (excludes halogenated alkanes) is 1. The Kier molecular flexibility index (Phi) is 6.15. The molecule has 1 aromatic rings. The molecule has 0 atom stereocenters. The van der Waals surface area contributed by atoms with Crippen LogP contribution in [0.4, 0.5) is 0 Å². The number of carbonyl (C=O) groups is 1. The summed E-state index contributed by atoms with van der Waals surface area (Å²) in [6.45, 7) is 3.07. The van der Waals surface area contributed by atoms with Crippen LogP contribution in [0.5, 0.6) is 0 Å². The third kappa shape index (κ3) is 4.44. The van der Waals surface area contributed by atoms with E-state index < -0.39 is 0 Å². The van der Waals surface area contributed by atoms with Gasteiger partial charge in [-0.15, -0.1) is 0 Å². The number of aromatic nitrogens is 1. The van der Waals surface area contributed by atoms with Gasteiger partial charge in [0.25, 0.3) is 5.91 Å². The third-order valence-electron chi connectivity index (χ3n) is 2.39. The third-order valence-corrected chi connectivity index (χ3v) is 2.85. The largest absolute Gasteiger partial charge is 0.395 e. The fourth-order valence-electron chi connectivity index (χ4n) is 1.45. The van der Waals surface area contributed by atoms with Crippen LogP contribution in [0.2, 0.25) is 0 Å². The molecule has 0 unspecified atom stereocenters. The van der Waals surface area contributed by atoms with Crippen LogP contribution in [0, 0.1) is 0 Å². The van der Waals surface area contributed by atoms with Gasteiger partial charge >= 0.3 is 0 Å². The Morgan fingerprint density at radius 3 is 2.76 bits per heavy atom. The molecule has 0 aliphatic rings. The van der Waals surface area contributed by atoms with Crippen molar-refractivity contribution < 1.29 is 9.90 Å². The average molecular weight is 301 g/mol. The first kappa shape index (κ1) is 14.1. The molecule has 0 aliphatic carbocycles. The summed E-state index contributed by atoms with van der Waals surface area (Å²) in [5, 5.41) is 8.95. The predicted octanol–water partition coefficient (Wildman–Crippen LogP) is 2.08. The minimum Gasteiger partial charge on any atom is -0.395 e. The standard InChI is InChI=1S/C12H17BrN2O2/c1-2-3-6-15(7-8-16)12(17)11-5-4-10(13)9-14-11/h4-5,9,16H,2-3,6-8H2,1H3. The van der Waals surface area contributed by atoms with E-state index in [0.29, 0.717) is 18.8 Å². The van der Waals surface area contributed by atoms with Crippen molar-refractivity contribution in [3.8, 4) is 0 Å². The fraction of sp³-hybridized carbons (Fsp3) is 0.500. The molecule has 0 fully saturated rings. The Morgan fingerprint density at radius 2 is 2.24 bits per heavy atom. The second-order valence-electron chi connectivity index (χ2n) is 3.73. The number of pyridine rings is 1. The van der Waals surface area contributed by atoms with E-state index in [-0.39, 0.29) is 12.5 Å². The van der Waals surface area contributed by atoms with E-state index in [1.165, 1.54) is 0 Å². The lowest BCUT2D eigenvalue weighted by Crippen LogP contribution is -2.34. The molecule has 5 heteroatoms. The molecule has 0 saturated heterocycles. The van der Waals surface area contributed by atoms with Crippen LogP contribution in [0.1, 0.15) is 30.3 Å². The van der Waals surface area contributed by atoms with E-state index in [9.17, 15) is 4.79 Å². The highest BCUT2D eigenvalue weighted by molar-refractivity contribution is 9.10. The number of aliphatic hydroxyl groups is 1. The average Bonchev–Trinajstić information content (AvgIpc) is 2.34. The van der Waals surface area contributed by atoms with Gasteiger partial charge in [-0.2, -0.15) is 0 Å². The summed E-state index contributed by atoms with van der Waals surface area (Å²) in [5.74, 6) is -0.125. The van der Waals surface area contributed by atoms with Gasteiger partial charge in [-0.1, -0.05) is 13.3 Å². The van der Waals surface area contributed by atoms with Gasteiger partial charge < -0.3 is 10.0 Å². The summed E-state index contributed by atoms with van der Waals surface area (Å²) >= 11 is 3.28. The van der Waals surface area contributed by atoms with Gasteiger partial charge in [0.05, 0.1) is 6.61 Å². The van der Waals surface area contributed by atoms with Crippen LogP contribution < -0.4 is 0 Å². The number of amides is 1. The molecule has 17 heavy (non-hydrogen) atoms. The first-order valence-corrected chi connectivity index (χ1v) is 6.50. The van der Waals surface area contributed by atoms with Gasteiger partial charge in [0.15, 0.2) is 0 Å². The molecule has 0 radical (unpaired) electrons. The maximum absolute atomic E-state index is 12.1. The first-order valence-electron chi connectivity index (χ1n) is 5.70. The Bertz CT molecular complexity index is 354. The van der Waals surface area contributed by atoms with Crippen LogP contribution in [-0.4, -0.2) is 40.6 Å². The number of hydrogen-bond acceptors (Lipinski definition) is 3. The van der Waals surface area contributed by atoms with Crippen molar-refractivity contribution in [2.45, 2.75) is 19.8 Å². The summed E-state index contributed by atoms with van der Waals surface area (Å²) < 4.78 is 0.844. The number of carbonyl (C=O) groups excluding carboxylic acids is 1. The topological polar surface area (TPSA) is 53.4 Å². The molecule has 94 valence electrons. The van der Waals surface area contributed by atoms with Crippen molar-refractivity contribution in [3.63, 3.8) is 0 Å². The molecule has 1 N–H and O–H groups in total. The van der Waals surface area contributed by atoms with Crippen LogP contribution in [0.25, 0.3) is 0 Å². The van der Waals surface area contributed by atoms with Gasteiger partial charge in [0.2, 0.25) is 0 Å². The van der Waals surface area contributed by atoms with Gasteiger partial charge in [-0.05, 0) is 34.5 Å². The molecule has 1 amide bonds. The number of halogens is 1. The highest BCUT2D eigenvalue weighted by atomic mass is 79.9. The van der Waals surface area contributed by atoms with E-state index in [0.717, 1.165) is 17.3 Å². The summed E-state index contributed by atoms with van der Waals surface area (Å²) in [5.41, 5.74) is 0.415. The molecular weight excluding hydrogens is 284 g/mol. The number of rotatable bonds is 6. The zero-order valence-corrected chi connectivity index (χ0v) is 11.5. The molecule has 1 heterocycles. The van der Waals surface area contributed by atoms with Gasteiger partial charge in [0.1, 0.15) is 5.69 Å². The van der Waals surface area contributed by atoms with Gasteiger partial charge in [0, 0.05) is 23.8 Å². The predicted molar refractivity (Wildman–Crippen MR) is 69.8 cm³/mol. The second-order valence-corrected chi connectivity index (χ2v) is 4.65. The summed E-state index contributed by atoms with van der Waals surface area (Å²) in [7, 11) is 0. The van der Waals surface area contributed by atoms with E-state index in [4.69, 9.17) is 5.11 Å². The van der Waals surface area contributed by atoms with E-state index in [2.05, 4.69) is 27.8 Å². The van der Waals surface area contributed by atoms with E-state index in [1.807, 2.05) is 0 Å². The molecular formula is C12H17BrN2O2. The van der Waals surface area contributed by atoms with Crippen molar-refractivity contribution >= 4 is 21.8 Å². The van der Waals surface area contributed by atoms with Crippen molar-refractivity contribution in [1.82, 2.24) is 9.88 Å². The lowest BCUT2D eigenvalue weighted by atomic mass is 10.2. The van der Waals surface area contributed by atoms with Crippen LogP contribution in [0.15, 0.2) is 22.8 Å². The highest BCUT2D eigenvalue weighted by Gasteiger charge is 2.15. The second kappa shape index (κ2) is 7.40. The maximum Gasteiger partial charge on any atom is 0.272 e. The Hall–Kier alpha value is -0.940. The van der Waals surface area contributed by atoms with Crippen LogP contribution in [0.3, 0.4) is 0 Å². The number of aliphatic hydroxyl groups excluding tert-OH is 1. The molecule has 0 spiro atoms. The maximum atomic E-state index is 12.1. The zero-order valence-electron chi connectivity index (χ0n) is 9.90. The fourth-order valence-corrected chi connectivity index (χ4v) is 1.68. The zero-order chi connectivity index (χ0) is 12.7. The Labute approximate surface area is 110 Å². The van der Waals surface area contributed by atoms with Crippen molar-refractivity contribution in [1.29, 1.82) is 0 Å². The highest BCUT2D eigenvalue weighted by Crippen LogP contribution is 2.09.